The molecule has 7 nitrogen and oxygen atoms in total. The van der Waals surface area contributed by atoms with Crippen LogP contribution in [-0.2, 0) is 14.8 Å². The van der Waals surface area contributed by atoms with Crippen LogP contribution in [0.5, 0.6) is 0 Å². The first-order valence-corrected chi connectivity index (χ1v) is 12.9. The van der Waals surface area contributed by atoms with Crippen LogP contribution in [-0.4, -0.2) is 24.3 Å². The van der Waals surface area contributed by atoms with Gasteiger partial charge in [-0.15, -0.1) is 0 Å². The van der Waals surface area contributed by atoms with Crippen molar-refractivity contribution in [3.8, 4) is 22.3 Å². The molecule has 3 aromatic carbocycles. The van der Waals surface area contributed by atoms with Crippen molar-refractivity contribution in [3.05, 3.63) is 103 Å². The summed E-state index contributed by atoms with van der Waals surface area (Å²) in [4.78, 5) is 19.4. The fourth-order valence-corrected chi connectivity index (χ4v) is 5.20. The predicted octanol–water partition coefficient (Wildman–Crippen LogP) is 6.00. The highest BCUT2D eigenvalue weighted by Gasteiger charge is 2.20. The quantitative estimate of drug-likeness (QED) is 0.280. The van der Waals surface area contributed by atoms with Gasteiger partial charge in [0.2, 0.25) is 5.91 Å². The summed E-state index contributed by atoms with van der Waals surface area (Å²) in [6, 6.07) is 18.7. The number of aromatic nitrogens is 2. The van der Waals surface area contributed by atoms with Gasteiger partial charge in [-0.25, -0.2) is 17.2 Å². The lowest BCUT2D eigenvalue weighted by Gasteiger charge is -2.12. The molecule has 2 N–H and O–H groups in total. The second kappa shape index (κ2) is 9.98. The molecular formula is C28H20F2N4O3S. The van der Waals surface area contributed by atoms with E-state index < -0.39 is 26.6 Å². The summed E-state index contributed by atoms with van der Waals surface area (Å²) in [7, 11) is -4.32. The van der Waals surface area contributed by atoms with Crippen LogP contribution in [0.1, 0.15) is 6.92 Å². The van der Waals surface area contributed by atoms with Crippen molar-refractivity contribution in [3.63, 3.8) is 0 Å². The first-order valence-electron chi connectivity index (χ1n) is 11.4. The zero-order chi connectivity index (χ0) is 26.9. The number of sulfonamides is 1. The van der Waals surface area contributed by atoms with Crippen LogP contribution in [0.3, 0.4) is 0 Å². The van der Waals surface area contributed by atoms with Gasteiger partial charge in [0.25, 0.3) is 10.0 Å². The van der Waals surface area contributed by atoms with Crippen LogP contribution in [0.4, 0.5) is 20.2 Å². The van der Waals surface area contributed by atoms with Gasteiger partial charge in [0, 0.05) is 42.0 Å². The third-order valence-corrected chi connectivity index (χ3v) is 7.16. The van der Waals surface area contributed by atoms with Gasteiger partial charge in [-0.2, -0.15) is 0 Å². The van der Waals surface area contributed by atoms with E-state index >= 15 is 0 Å². The van der Waals surface area contributed by atoms with E-state index in [-0.39, 0.29) is 11.6 Å². The number of hydrogen-bond acceptors (Lipinski definition) is 5. The maximum Gasteiger partial charge on any atom is 0.264 e. The number of rotatable bonds is 6. The largest absolute Gasteiger partial charge is 0.326 e. The summed E-state index contributed by atoms with van der Waals surface area (Å²) in [5.41, 5.74) is 4.63. The lowest BCUT2D eigenvalue weighted by atomic mass is 9.97. The van der Waals surface area contributed by atoms with E-state index in [0.717, 1.165) is 39.7 Å². The predicted molar refractivity (Wildman–Crippen MR) is 142 cm³/mol. The molecule has 2 aromatic heterocycles. The molecule has 0 spiro atoms. The van der Waals surface area contributed by atoms with Gasteiger partial charge in [-0.1, -0.05) is 18.2 Å². The molecule has 0 aliphatic heterocycles. The summed E-state index contributed by atoms with van der Waals surface area (Å²) >= 11 is 0. The smallest absolute Gasteiger partial charge is 0.264 e. The van der Waals surface area contributed by atoms with E-state index in [4.69, 9.17) is 0 Å². The van der Waals surface area contributed by atoms with Gasteiger partial charge in [0.05, 0.1) is 17.4 Å². The first-order chi connectivity index (χ1) is 18.2. The summed E-state index contributed by atoms with van der Waals surface area (Å²) < 4.78 is 55.1. The Morgan fingerprint density at radius 1 is 0.842 bits per heavy atom. The number of fused-ring (bicyclic) bond motifs is 1. The summed E-state index contributed by atoms with van der Waals surface area (Å²) in [6.07, 6.45) is 4.57. The molecule has 0 saturated heterocycles. The number of benzene rings is 3. The molecule has 0 aliphatic carbocycles. The second-order valence-electron chi connectivity index (χ2n) is 8.49. The zero-order valence-electron chi connectivity index (χ0n) is 19.9. The summed E-state index contributed by atoms with van der Waals surface area (Å²) in [5, 5.41) is 3.62. The van der Waals surface area contributed by atoms with Gasteiger partial charge in [0.15, 0.2) is 0 Å². The standard InChI is InChI=1S/C28H20F2N4O3S/c1-17(35)33-22-4-2-3-19(11-22)24-9-10-32-27-7-5-18(13-25(24)27)20-12-23(16-31-15-20)34-38(36,37)28-8-6-21(29)14-26(28)30/h2-16,34H,1H3,(H,33,35). The van der Waals surface area contributed by atoms with Crippen molar-refractivity contribution < 1.29 is 22.0 Å². The highest BCUT2D eigenvalue weighted by Crippen LogP contribution is 2.33. The van der Waals surface area contributed by atoms with Crippen molar-refractivity contribution in [2.75, 3.05) is 10.0 Å². The number of pyridine rings is 2. The zero-order valence-corrected chi connectivity index (χ0v) is 20.8. The lowest BCUT2D eigenvalue weighted by molar-refractivity contribution is -0.114. The second-order valence-corrected chi connectivity index (χ2v) is 10.1. The molecular weight excluding hydrogens is 510 g/mol. The fourth-order valence-electron chi connectivity index (χ4n) is 4.10. The molecule has 0 aliphatic rings. The number of nitrogens with one attached hydrogen (secondary N) is 2. The number of anilines is 2. The van der Waals surface area contributed by atoms with Crippen molar-refractivity contribution in [1.82, 2.24) is 9.97 Å². The topological polar surface area (TPSA) is 101 Å². The Labute approximate surface area is 217 Å². The molecule has 0 saturated carbocycles. The maximum absolute atomic E-state index is 14.1. The van der Waals surface area contributed by atoms with E-state index in [9.17, 15) is 22.0 Å². The van der Waals surface area contributed by atoms with Crippen molar-refractivity contribution in [2.24, 2.45) is 0 Å². The molecule has 0 bridgehead atoms. The van der Waals surface area contributed by atoms with Crippen LogP contribution in [0, 0.1) is 11.6 Å². The Kier molecular flexibility index (Phi) is 6.56. The number of halogens is 2. The number of amides is 1. The van der Waals surface area contributed by atoms with Gasteiger partial charge in [0.1, 0.15) is 16.5 Å². The molecule has 0 fully saturated rings. The van der Waals surface area contributed by atoms with Crippen molar-refractivity contribution in [1.29, 1.82) is 0 Å². The number of nitrogens with zero attached hydrogens (tertiary/aromatic N) is 2. The Morgan fingerprint density at radius 2 is 1.66 bits per heavy atom. The van der Waals surface area contributed by atoms with Crippen LogP contribution in [0.25, 0.3) is 33.2 Å². The first kappa shape index (κ1) is 25.0. The highest BCUT2D eigenvalue weighted by atomic mass is 32.2. The molecule has 10 heteroatoms. The Morgan fingerprint density at radius 3 is 2.45 bits per heavy atom. The molecule has 5 aromatic rings. The molecule has 1 amide bonds. The molecule has 5 rings (SSSR count). The third kappa shape index (κ3) is 5.21. The highest BCUT2D eigenvalue weighted by molar-refractivity contribution is 7.92. The van der Waals surface area contributed by atoms with Crippen molar-refractivity contribution >= 4 is 38.2 Å². The maximum atomic E-state index is 14.1. The average molecular weight is 531 g/mol. The minimum atomic E-state index is -4.32. The monoisotopic (exact) mass is 530 g/mol. The van der Waals surface area contributed by atoms with Crippen LogP contribution in [0.2, 0.25) is 0 Å². The lowest BCUT2D eigenvalue weighted by Crippen LogP contribution is -2.15. The molecule has 0 radical (unpaired) electrons. The molecule has 38 heavy (non-hydrogen) atoms. The number of carbonyl (C=O) groups is 1. The summed E-state index contributed by atoms with van der Waals surface area (Å²) in [5.74, 6) is -2.25. The Hall–Kier alpha value is -4.70. The van der Waals surface area contributed by atoms with Crippen LogP contribution in [0.15, 0.2) is 96.3 Å². The average Bonchev–Trinajstić information content (AvgIpc) is 2.87. The van der Waals surface area contributed by atoms with Gasteiger partial charge in [-0.3, -0.25) is 19.5 Å². The van der Waals surface area contributed by atoms with E-state index in [1.807, 2.05) is 42.5 Å². The van der Waals surface area contributed by atoms with Crippen LogP contribution >= 0.6 is 0 Å². The van der Waals surface area contributed by atoms with E-state index in [2.05, 4.69) is 20.0 Å². The van der Waals surface area contributed by atoms with Gasteiger partial charge < -0.3 is 5.32 Å². The fraction of sp³-hybridized carbons (Fsp3) is 0.0357. The van der Waals surface area contributed by atoms with Crippen molar-refractivity contribution in [2.45, 2.75) is 11.8 Å². The van der Waals surface area contributed by atoms with E-state index in [1.165, 1.54) is 13.1 Å². The van der Waals surface area contributed by atoms with Gasteiger partial charge >= 0.3 is 0 Å². The Bertz CT molecular complexity index is 1810. The number of hydrogen-bond donors (Lipinski definition) is 2. The normalized spacial score (nSPS) is 11.3. The molecule has 190 valence electrons. The van der Waals surface area contributed by atoms with Gasteiger partial charge in [-0.05, 0) is 65.2 Å². The Balaban J connectivity index is 1.52. The number of carbonyl (C=O) groups excluding carboxylic acids is 1. The minimum Gasteiger partial charge on any atom is -0.326 e. The molecule has 0 unspecified atom stereocenters. The van der Waals surface area contributed by atoms with E-state index in [1.54, 1.807) is 24.5 Å². The molecule has 2 heterocycles. The summed E-state index contributed by atoms with van der Waals surface area (Å²) in [6.45, 7) is 1.44. The molecule has 0 atom stereocenters. The minimum absolute atomic E-state index is 0.112. The van der Waals surface area contributed by atoms with E-state index in [0.29, 0.717) is 17.3 Å². The third-order valence-electron chi connectivity index (χ3n) is 5.74. The SMILES string of the molecule is CC(=O)Nc1cccc(-c2ccnc3ccc(-c4cncc(NS(=O)(=O)c5ccc(F)cc5F)c4)cc23)c1. The van der Waals surface area contributed by atoms with Crippen LogP contribution < -0.4 is 10.0 Å².